The number of carbonyl (C=O) groups excluding carboxylic acids is 1. The molecule has 0 radical (unpaired) electrons. The van der Waals surface area contributed by atoms with Gasteiger partial charge in [-0.25, -0.2) is 14.2 Å². The zero-order chi connectivity index (χ0) is 21.1. The summed E-state index contributed by atoms with van der Waals surface area (Å²) in [4.78, 5) is 31.6. The van der Waals surface area contributed by atoms with Crippen molar-refractivity contribution in [3.63, 3.8) is 0 Å². The molecule has 0 saturated carbocycles. The molecule has 2 aromatic carbocycles. The lowest BCUT2D eigenvalue weighted by molar-refractivity contribution is -0.141. The van der Waals surface area contributed by atoms with Gasteiger partial charge >= 0.3 is 5.97 Å². The first kappa shape index (κ1) is 19.8. The number of aromatic nitrogens is 2. The van der Waals surface area contributed by atoms with E-state index < -0.39 is 17.9 Å². The van der Waals surface area contributed by atoms with Crippen molar-refractivity contribution in [1.82, 2.24) is 15.3 Å². The fourth-order valence-electron chi connectivity index (χ4n) is 3.28. The molecule has 0 spiro atoms. The number of carboxylic acid groups (broad SMARTS) is 1. The van der Waals surface area contributed by atoms with E-state index in [9.17, 15) is 19.1 Å². The van der Waals surface area contributed by atoms with Crippen molar-refractivity contribution >= 4 is 34.1 Å². The van der Waals surface area contributed by atoms with Crippen molar-refractivity contribution in [2.75, 3.05) is 0 Å². The van der Waals surface area contributed by atoms with Crippen LogP contribution in [0.5, 0.6) is 0 Å². The van der Waals surface area contributed by atoms with Crippen LogP contribution in [0, 0.1) is 5.82 Å². The lowest BCUT2D eigenvalue weighted by Gasteiger charge is -2.14. The van der Waals surface area contributed by atoms with Gasteiger partial charge in [-0.3, -0.25) is 4.79 Å². The Morgan fingerprint density at radius 1 is 1.17 bits per heavy atom. The zero-order valence-corrected chi connectivity index (χ0v) is 16.6. The Kier molecular flexibility index (Phi) is 5.58. The van der Waals surface area contributed by atoms with Crippen molar-refractivity contribution < 1.29 is 19.1 Å². The van der Waals surface area contributed by atoms with Crippen LogP contribution in [0.1, 0.15) is 11.3 Å². The number of aromatic amines is 1. The number of para-hydroxylation sites is 1. The summed E-state index contributed by atoms with van der Waals surface area (Å²) in [7, 11) is 0. The molecule has 30 heavy (non-hydrogen) atoms. The smallest absolute Gasteiger partial charge is 0.326 e. The van der Waals surface area contributed by atoms with E-state index in [-0.39, 0.29) is 18.7 Å². The summed E-state index contributed by atoms with van der Waals surface area (Å²) in [5.74, 6) is -1.95. The molecule has 2 heterocycles. The number of benzene rings is 2. The first-order valence-corrected chi connectivity index (χ1v) is 10.2. The van der Waals surface area contributed by atoms with Crippen LogP contribution in [-0.4, -0.2) is 33.0 Å². The van der Waals surface area contributed by atoms with Crippen molar-refractivity contribution in [1.29, 1.82) is 0 Å². The van der Waals surface area contributed by atoms with Gasteiger partial charge in [0.25, 0.3) is 0 Å². The highest BCUT2D eigenvalue weighted by Crippen LogP contribution is 2.26. The van der Waals surface area contributed by atoms with Crippen LogP contribution in [0.3, 0.4) is 0 Å². The van der Waals surface area contributed by atoms with E-state index >= 15 is 0 Å². The molecule has 6 nitrogen and oxygen atoms in total. The van der Waals surface area contributed by atoms with E-state index in [1.54, 1.807) is 29.8 Å². The van der Waals surface area contributed by atoms with Gasteiger partial charge in [0.1, 0.15) is 16.9 Å². The molecule has 152 valence electrons. The number of hydrogen-bond donors (Lipinski definition) is 3. The number of carboxylic acids is 1. The minimum Gasteiger partial charge on any atom is -0.480 e. The summed E-state index contributed by atoms with van der Waals surface area (Å²) < 4.78 is 13.9. The third kappa shape index (κ3) is 4.23. The number of hydrogen-bond acceptors (Lipinski definition) is 4. The van der Waals surface area contributed by atoms with E-state index in [1.807, 2.05) is 24.3 Å². The second-order valence-corrected chi connectivity index (χ2v) is 7.68. The van der Waals surface area contributed by atoms with Crippen LogP contribution < -0.4 is 5.32 Å². The van der Waals surface area contributed by atoms with Gasteiger partial charge in [-0.1, -0.05) is 30.3 Å². The average Bonchev–Trinajstić information content (AvgIpc) is 3.35. The molecule has 0 aliphatic heterocycles. The zero-order valence-electron chi connectivity index (χ0n) is 15.8. The molecule has 4 rings (SSSR count). The molecule has 3 N–H and O–H groups in total. The van der Waals surface area contributed by atoms with Crippen LogP contribution in [0.15, 0.2) is 60.1 Å². The number of rotatable bonds is 7. The van der Waals surface area contributed by atoms with Gasteiger partial charge in [0, 0.05) is 34.5 Å². The number of nitrogens with one attached hydrogen (secondary N) is 2. The fraction of sp³-hybridized carbons (Fsp3) is 0.136. The first-order chi connectivity index (χ1) is 14.5. The maximum absolute atomic E-state index is 13.9. The number of nitrogens with zero attached hydrogens (tertiary/aromatic N) is 1. The van der Waals surface area contributed by atoms with Gasteiger partial charge in [0.15, 0.2) is 0 Å². The lowest BCUT2D eigenvalue weighted by Crippen LogP contribution is -2.43. The summed E-state index contributed by atoms with van der Waals surface area (Å²) >= 11 is 1.24. The minimum atomic E-state index is -1.11. The summed E-state index contributed by atoms with van der Waals surface area (Å²) in [5.41, 5.74) is 2.56. The normalized spacial score (nSPS) is 12.0. The van der Waals surface area contributed by atoms with E-state index in [4.69, 9.17) is 0 Å². The Balaban J connectivity index is 1.44. The quantitative estimate of drug-likeness (QED) is 0.422. The average molecular weight is 423 g/mol. The van der Waals surface area contributed by atoms with Gasteiger partial charge in [-0.15, -0.1) is 11.3 Å². The highest BCUT2D eigenvalue weighted by Gasteiger charge is 2.22. The Morgan fingerprint density at radius 2 is 1.93 bits per heavy atom. The molecule has 8 heteroatoms. The number of thiazole rings is 1. The summed E-state index contributed by atoms with van der Waals surface area (Å²) in [6.07, 6.45) is 1.83. The van der Waals surface area contributed by atoms with Crippen molar-refractivity contribution in [2.24, 2.45) is 0 Å². The third-order valence-electron chi connectivity index (χ3n) is 4.73. The fourth-order valence-corrected chi connectivity index (χ4v) is 4.12. The second kappa shape index (κ2) is 8.46. The molecule has 2 aromatic heterocycles. The van der Waals surface area contributed by atoms with Crippen molar-refractivity contribution in [2.45, 2.75) is 18.9 Å². The molecular formula is C22H18FN3O3S. The second-order valence-electron chi connectivity index (χ2n) is 6.82. The Bertz CT molecular complexity index is 1220. The lowest BCUT2D eigenvalue weighted by atomic mass is 10.0. The maximum atomic E-state index is 13.9. The molecular weight excluding hydrogens is 405 g/mol. The monoisotopic (exact) mass is 423 g/mol. The standard InChI is InChI=1S/C22H18FN3O3S/c23-17-7-3-1-6-16(17)21-25-14(12-30-21)10-20(27)26-19(22(28)29)9-13-11-24-18-8-4-2-5-15(13)18/h1-8,11-12,19,24H,9-10H2,(H,26,27)(H,28,29). The predicted octanol–water partition coefficient (Wildman–Crippen LogP) is 3.79. The molecule has 0 saturated heterocycles. The molecule has 0 aliphatic rings. The number of amides is 1. The van der Waals surface area contributed by atoms with Crippen LogP contribution in [0.2, 0.25) is 0 Å². The SMILES string of the molecule is O=C(Cc1csc(-c2ccccc2F)n1)NC(Cc1c[nH]c2ccccc12)C(=O)O. The number of halogens is 1. The number of carbonyl (C=O) groups is 2. The van der Waals surface area contributed by atoms with Crippen molar-refractivity contribution in [3.8, 4) is 10.6 Å². The van der Waals surface area contributed by atoms with E-state index in [0.29, 0.717) is 16.3 Å². The van der Waals surface area contributed by atoms with Crippen LogP contribution in [0.4, 0.5) is 4.39 Å². The Morgan fingerprint density at radius 3 is 2.73 bits per heavy atom. The van der Waals surface area contributed by atoms with Crippen LogP contribution in [-0.2, 0) is 22.4 Å². The van der Waals surface area contributed by atoms with Crippen LogP contribution in [0.25, 0.3) is 21.5 Å². The first-order valence-electron chi connectivity index (χ1n) is 9.27. The summed E-state index contributed by atoms with van der Waals surface area (Å²) in [5, 5.41) is 15.2. The molecule has 1 amide bonds. The van der Waals surface area contributed by atoms with E-state index in [0.717, 1.165) is 16.5 Å². The molecule has 1 unspecified atom stereocenters. The molecule has 0 bridgehead atoms. The largest absolute Gasteiger partial charge is 0.480 e. The molecule has 4 aromatic rings. The van der Waals surface area contributed by atoms with Crippen LogP contribution >= 0.6 is 11.3 Å². The van der Waals surface area contributed by atoms with E-state index in [2.05, 4.69) is 15.3 Å². The van der Waals surface area contributed by atoms with E-state index in [1.165, 1.54) is 17.4 Å². The van der Waals surface area contributed by atoms with Crippen molar-refractivity contribution in [3.05, 3.63) is 77.2 Å². The Hall–Kier alpha value is -3.52. The topological polar surface area (TPSA) is 95.1 Å². The maximum Gasteiger partial charge on any atom is 0.326 e. The molecule has 0 fully saturated rings. The van der Waals surface area contributed by atoms with Gasteiger partial charge < -0.3 is 15.4 Å². The number of H-pyrrole nitrogens is 1. The highest BCUT2D eigenvalue weighted by molar-refractivity contribution is 7.13. The minimum absolute atomic E-state index is 0.0807. The highest BCUT2D eigenvalue weighted by atomic mass is 32.1. The van der Waals surface area contributed by atoms with Gasteiger partial charge in [0.05, 0.1) is 12.1 Å². The Labute approximate surface area is 175 Å². The third-order valence-corrected chi connectivity index (χ3v) is 5.65. The number of fused-ring (bicyclic) bond motifs is 1. The molecule has 0 aliphatic carbocycles. The summed E-state index contributed by atoms with van der Waals surface area (Å²) in [6, 6.07) is 12.8. The molecule has 1 atom stereocenters. The summed E-state index contributed by atoms with van der Waals surface area (Å²) in [6.45, 7) is 0. The van der Waals surface area contributed by atoms with Gasteiger partial charge in [-0.2, -0.15) is 0 Å². The van der Waals surface area contributed by atoms with Gasteiger partial charge in [0.2, 0.25) is 5.91 Å². The predicted molar refractivity (Wildman–Crippen MR) is 113 cm³/mol. The van der Waals surface area contributed by atoms with Gasteiger partial charge in [-0.05, 0) is 23.8 Å². The number of aliphatic carboxylic acids is 1.